The summed E-state index contributed by atoms with van der Waals surface area (Å²) in [6.07, 6.45) is 0. The second-order valence-electron chi connectivity index (χ2n) is 4.99. The van der Waals surface area contributed by atoms with Crippen LogP contribution < -0.4 is 9.64 Å². The minimum Gasteiger partial charge on any atom is -0.496 e. The Morgan fingerprint density at radius 3 is 2.62 bits per heavy atom. The molecule has 108 valence electrons. The van der Waals surface area contributed by atoms with E-state index in [4.69, 9.17) is 10.00 Å². The molecule has 0 saturated heterocycles. The van der Waals surface area contributed by atoms with Gasteiger partial charge in [0.1, 0.15) is 5.75 Å². The van der Waals surface area contributed by atoms with Crippen molar-refractivity contribution in [2.24, 2.45) is 0 Å². The standard InChI is InChI=1S/C18H20N2O/c1-4-20(17-7-5-6-14(2)10-17)13-16-11-15(12-19)8-9-18(16)21-3/h5-11H,4,13H2,1-3H3. The molecule has 0 atom stereocenters. The van der Waals surface area contributed by atoms with Crippen LogP contribution in [0.2, 0.25) is 0 Å². The molecule has 0 saturated carbocycles. The monoisotopic (exact) mass is 280 g/mol. The van der Waals surface area contributed by atoms with Gasteiger partial charge in [0.25, 0.3) is 0 Å². The molecule has 0 N–H and O–H groups in total. The van der Waals surface area contributed by atoms with Crippen LogP contribution in [0.5, 0.6) is 5.75 Å². The Kier molecular flexibility index (Phi) is 4.84. The van der Waals surface area contributed by atoms with Crippen LogP contribution in [-0.2, 0) is 6.54 Å². The van der Waals surface area contributed by atoms with Gasteiger partial charge in [0.05, 0.1) is 18.7 Å². The third-order valence-electron chi connectivity index (χ3n) is 3.52. The highest BCUT2D eigenvalue weighted by molar-refractivity contribution is 5.51. The van der Waals surface area contributed by atoms with Crippen molar-refractivity contribution in [1.82, 2.24) is 0 Å². The van der Waals surface area contributed by atoms with Crippen molar-refractivity contribution >= 4 is 5.69 Å². The van der Waals surface area contributed by atoms with E-state index in [1.54, 1.807) is 13.2 Å². The summed E-state index contributed by atoms with van der Waals surface area (Å²) in [4.78, 5) is 2.27. The first kappa shape index (κ1) is 14.9. The van der Waals surface area contributed by atoms with E-state index in [9.17, 15) is 0 Å². The van der Waals surface area contributed by atoms with Crippen molar-refractivity contribution < 1.29 is 4.74 Å². The lowest BCUT2D eigenvalue weighted by Gasteiger charge is -2.24. The van der Waals surface area contributed by atoms with Gasteiger partial charge in [-0.2, -0.15) is 5.26 Å². The first-order valence-corrected chi connectivity index (χ1v) is 7.06. The van der Waals surface area contributed by atoms with Gasteiger partial charge in [0.15, 0.2) is 0 Å². The fourth-order valence-corrected chi connectivity index (χ4v) is 2.39. The van der Waals surface area contributed by atoms with Crippen LogP contribution in [0.15, 0.2) is 42.5 Å². The highest BCUT2D eigenvalue weighted by Gasteiger charge is 2.10. The minimum absolute atomic E-state index is 0.658. The van der Waals surface area contributed by atoms with Crippen LogP contribution in [0.4, 0.5) is 5.69 Å². The zero-order chi connectivity index (χ0) is 15.2. The lowest BCUT2D eigenvalue weighted by molar-refractivity contribution is 0.409. The smallest absolute Gasteiger partial charge is 0.123 e. The molecule has 0 bridgehead atoms. The van der Waals surface area contributed by atoms with Gasteiger partial charge >= 0.3 is 0 Å². The molecule has 0 aliphatic heterocycles. The molecule has 0 radical (unpaired) electrons. The van der Waals surface area contributed by atoms with E-state index in [1.807, 2.05) is 12.1 Å². The van der Waals surface area contributed by atoms with Crippen molar-refractivity contribution in [3.05, 3.63) is 59.2 Å². The number of benzene rings is 2. The molecule has 2 aromatic rings. The number of nitrogens with zero attached hydrogens (tertiary/aromatic N) is 2. The van der Waals surface area contributed by atoms with Gasteiger partial charge in [-0.3, -0.25) is 0 Å². The highest BCUT2D eigenvalue weighted by atomic mass is 16.5. The molecule has 3 heteroatoms. The van der Waals surface area contributed by atoms with E-state index in [-0.39, 0.29) is 0 Å². The molecule has 0 amide bonds. The molecule has 0 heterocycles. The third-order valence-corrected chi connectivity index (χ3v) is 3.52. The fourth-order valence-electron chi connectivity index (χ4n) is 2.39. The van der Waals surface area contributed by atoms with Crippen LogP contribution in [0, 0.1) is 18.3 Å². The Bertz CT molecular complexity index is 659. The van der Waals surface area contributed by atoms with Crippen molar-refractivity contribution in [2.75, 3.05) is 18.6 Å². The topological polar surface area (TPSA) is 36.3 Å². The van der Waals surface area contributed by atoms with Crippen molar-refractivity contribution in [1.29, 1.82) is 5.26 Å². The lowest BCUT2D eigenvalue weighted by Crippen LogP contribution is -2.22. The fraction of sp³-hybridized carbons (Fsp3) is 0.278. The Morgan fingerprint density at radius 2 is 2.00 bits per heavy atom. The number of aryl methyl sites for hydroxylation is 1. The summed E-state index contributed by atoms with van der Waals surface area (Å²) in [5.74, 6) is 0.820. The number of ether oxygens (including phenoxy) is 1. The van der Waals surface area contributed by atoms with Crippen molar-refractivity contribution in [2.45, 2.75) is 20.4 Å². The largest absolute Gasteiger partial charge is 0.496 e. The molecule has 21 heavy (non-hydrogen) atoms. The van der Waals surface area contributed by atoms with E-state index in [0.29, 0.717) is 5.56 Å². The number of hydrogen-bond acceptors (Lipinski definition) is 3. The van der Waals surface area contributed by atoms with Crippen molar-refractivity contribution in [3.63, 3.8) is 0 Å². The lowest BCUT2D eigenvalue weighted by atomic mass is 10.1. The van der Waals surface area contributed by atoms with Crippen LogP contribution in [0.1, 0.15) is 23.6 Å². The highest BCUT2D eigenvalue weighted by Crippen LogP contribution is 2.24. The average Bonchev–Trinajstić information content (AvgIpc) is 2.52. The zero-order valence-corrected chi connectivity index (χ0v) is 12.8. The predicted octanol–water partition coefficient (Wildman–Crippen LogP) is 3.90. The molecule has 0 aliphatic rings. The summed E-state index contributed by atoms with van der Waals surface area (Å²) in [7, 11) is 1.66. The number of rotatable bonds is 5. The zero-order valence-electron chi connectivity index (χ0n) is 12.8. The van der Waals surface area contributed by atoms with Gasteiger partial charge in [-0.1, -0.05) is 12.1 Å². The van der Waals surface area contributed by atoms with Crippen LogP contribution in [0.25, 0.3) is 0 Å². The average molecular weight is 280 g/mol. The van der Waals surface area contributed by atoms with Gasteiger partial charge in [-0.15, -0.1) is 0 Å². The predicted molar refractivity (Wildman–Crippen MR) is 85.6 cm³/mol. The number of methoxy groups -OCH3 is 1. The van der Waals surface area contributed by atoms with Crippen molar-refractivity contribution in [3.8, 4) is 11.8 Å². The molecular formula is C18H20N2O. The van der Waals surface area contributed by atoms with E-state index in [1.165, 1.54) is 11.3 Å². The van der Waals surface area contributed by atoms with Gasteiger partial charge < -0.3 is 9.64 Å². The normalized spacial score (nSPS) is 10.0. The summed E-state index contributed by atoms with van der Waals surface area (Å²) < 4.78 is 5.41. The summed E-state index contributed by atoms with van der Waals surface area (Å²) >= 11 is 0. The van der Waals surface area contributed by atoms with Crippen LogP contribution >= 0.6 is 0 Å². The second kappa shape index (κ2) is 6.81. The van der Waals surface area contributed by atoms with E-state index in [0.717, 1.165) is 24.4 Å². The Labute approximate surface area is 126 Å². The molecule has 0 aromatic heterocycles. The van der Waals surface area contributed by atoms with Crippen LogP contribution in [-0.4, -0.2) is 13.7 Å². The summed E-state index contributed by atoms with van der Waals surface area (Å²) in [6.45, 7) is 5.83. The molecular weight excluding hydrogens is 260 g/mol. The first-order valence-electron chi connectivity index (χ1n) is 7.06. The molecule has 2 rings (SSSR count). The molecule has 0 aliphatic carbocycles. The van der Waals surface area contributed by atoms with E-state index in [2.05, 4.69) is 49.1 Å². The summed E-state index contributed by atoms with van der Waals surface area (Å²) in [5.41, 5.74) is 4.11. The number of anilines is 1. The van der Waals surface area contributed by atoms with Gasteiger partial charge in [-0.05, 0) is 49.7 Å². The maximum absolute atomic E-state index is 9.07. The SMILES string of the molecule is CCN(Cc1cc(C#N)ccc1OC)c1cccc(C)c1. The Hall–Kier alpha value is -2.47. The van der Waals surface area contributed by atoms with Gasteiger partial charge in [0.2, 0.25) is 0 Å². The third kappa shape index (κ3) is 3.55. The first-order chi connectivity index (χ1) is 10.2. The Balaban J connectivity index is 2.32. The summed E-state index contributed by atoms with van der Waals surface area (Å²) in [6, 6.07) is 16.2. The Morgan fingerprint density at radius 1 is 1.19 bits per heavy atom. The van der Waals surface area contributed by atoms with Gasteiger partial charge in [-0.25, -0.2) is 0 Å². The second-order valence-corrected chi connectivity index (χ2v) is 4.99. The molecule has 3 nitrogen and oxygen atoms in total. The van der Waals surface area contributed by atoms with Crippen LogP contribution in [0.3, 0.4) is 0 Å². The number of nitriles is 1. The quantitative estimate of drug-likeness (QED) is 0.833. The minimum atomic E-state index is 0.658. The van der Waals surface area contributed by atoms with E-state index < -0.39 is 0 Å². The molecule has 2 aromatic carbocycles. The molecule has 0 unspecified atom stereocenters. The molecule has 0 fully saturated rings. The van der Waals surface area contributed by atoms with Gasteiger partial charge in [0, 0.05) is 24.3 Å². The maximum Gasteiger partial charge on any atom is 0.123 e. The van der Waals surface area contributed by atoms with E-state index >= 15 is 0 Å². The molecule has 0 spiro atoms. The number of hydrogen-bond donors (Lipinski definition) is 0. The summed E-state index contributed by atoms with van der Waals surface area (Å²) in [5, 5.41) is 9.07. The maximum atomic E-state index is 9.07.